The highest BCUT2D eigenvalue weighted by atomic mass is 16.3. The van der Waals surface area contributed by atoms with Gasteiger partial charge in [-0.3, -0.25) is 0 Å². The van der Waals surface area contributed by atoms with Crippen molar-refractivity contribution < 1.29 is 5.11 Å². The van der Waals surface area contributed by atoms with E-state index in [2.05, 4.69) is 36.2 Å². The lowest BCUT2D eigenvalue weighted by molar-refractivity contribution is -0.00722. The Morgan fingerprint density at radius 1 is 0.964 bits per heavy atom. The number of nitrogens with one attached hydrogen (secondary N) is 1. The molecule has 3 aromatic rings. The van der Waals surface area contributed by atoms with Gasteiger partial charge >= 0.3 is 0 Å². The molecule has 7 rings (SSSR count). The number of benzene rings is 2. The lowest BCUT2D eigenvalue weighted by Gasteiger charge is -2.57. The fourth-order valence-electron chi connectivity index (χ4n) is 7.27. The van der Waals surface area contributed by atoms with Gasteiger partial charge in [0, 0.05) is 28.4 Å². The second-order valence-electron chi connectivity index (χ2n) is 10.0. The SMILES string of the molecule is Cc1ccc2[nH]c(C34CC5CC(CC(C5)C3)C4)c(Cc3ccccc3O)c2c1. The number of aromatic hydroxyl groups is 1. The summed E-state index contributed by atoms with van der Waals surface area (Å²) < 4.78 is 0. The van der Waals surface area contributed by atoms with Crippen molar-refractivity contribution in [1.29, 1.82) is 0 Å². The van der Waals surface area contributed by atoms with Gasteiger partial charge in [-0.05, 0) is 92.5 Å². The van der Waals surface area contributed by atoms with Crippen LogP contribution in [0.15, 0.2) is 42.5 Å². The van der Waals surface area contributed by atoms with Gasteiger partial charge in [-0.25, -0.2) is 0 Å². The van der Waals surface area contributed by atoms with Crippen LogP contribution in [0.5, 0.6) is 5.75 Å². The van der Waals surface area contributed by atoms with E-state index in [1.54, 1.807) is 0 Å². The van der Waals surface area contributed by atoms with Crippen molar-refractivity contribution >= 4 is 10.9 Å². The second kappa shape index (κ2) is 5.89. The Hall–Kier alpha value is -2.22. The van der Waals surface area contributed by atoms with Crippen molar-refractivity contribution in [3.05, 3.63) is 64.8 Å². The molecule has 2 N–H and O–H groups in total. The molecule has 4 fully saturated rings. The van der Waals surface area contributed by atoms with Crippen molar-refractivity contribution in [1.82, 2.24) is 4.98 Å². The average molecular weight is 372 g/mol. The molecule has 4 aliphatic carbocycles. The number of aromatic amines is 1. The molecule has 2 aromatic carbocycles. The summed E-state index contributed by atoms with van der Waals surface area (Å²) in [5.74, 6) is 3.20. The maximum atomic E-state index is 10.5. The molecule has 1 heterocycles. The molecule has 28 heavy (non-hydrogen) atoms. The third-order valence-corrected chi connectivity index (χ3v) is 7.99. The van der Waals surface area contributed by atoms with Crippen LogP contribution in [0.1, 0.15) is 60.9 Å². The molecule has 0 radical (unpaired) electrons. The minimum atomic E-state index is 0.335. The normalized spacial score (nSPS) is 31.0. The zero-order chi connectivity index (χ0) is 18.9. The van der Waals surface area contributed by atoms with Crippen LogP contribution >= 0.6 is 0 Å². The zero-order valence-electron chi connectivity index (χ0n) is 16.7. The quantitative estimate of drug-likeness (QED) is 0.561. The Kier molecular flexibility index (Phi) is 3.51. The number of hydrogen-bond acceptors (Lipinski definition) is 1. The number of fused-ring (bicyclic) bond motifs is 1. The van der Waals surface area contributed by atoms with Crippen LogP contribution < -0.4 is 0 Å². The van der Waals surface area contributed by atoms with Gasteiger partial charge in [0.15, 0.2) is 0 Å². The summed E-state index contributed by atoms with van der Waals surface area (Å²) >= 11 is 0. The minimum absolute atomic E-state index is 0.335. The monoisotopic (exact) mass is 371 g/mol. The molecule has 0 unspecified atom stereocenters. The van der Waals surface area contributed by atoms with Crippen molar-refractivity contribution in [3.8, 4) is 5.75 Å². The molecule has 0 aliphatic heterocycles. The highest BCUT2D eigenvalue weighted by molar-refractivity contribution is 5.86. The summed E-state index contributed by atoms with van der Waals surface area (Å²) in [5.41, 5.74) is 6.87. The van der Waals surface area contributed by atoms with Crippen LogP contribution in [0.4, 0.5) is 0 Å². The van der Waals surface area contributed by atoms with E-state index < -0.39 is 0 Å². The Morgan fingerprint density at radius 2 is 1.64 bits per heavy atom. The summed E-state index contributed by atoms with van der Waals surface area (Å²) in [7, 11) is 0. The van der Waals surface area contributed by atoms with Gasteiger partial charge in [-0.2, -0.15) is 0 Å². The molecule has 4 bridgehead atoms. The van der Waals surface area contributed by atoms with Gasteiger partial charge in [0.05, 0.1) is 0 Å². The fourth-order valence-corrected chi connectivity index (χ4v) is 7.27. The van der Waals surface area contributed by atoms with Crippen LogP contribution in [-0.2, 0) is 11.8 Å². The summed E-state index contributed by atoms with van der Waals surface area (Å²) in [5, 5.41) is 11.8. The van der Waals surface area contributed by atoms with Crippen molar-refractivity contribution in [2.45, 2.75) is 57.3 Å². The van der Waals surface area contributed by atoms with E-state index in [0.717, 1.165) is 29.7 Å². The summed E-state index contributed by atoms with van der Waals surface area (Å²) in [6, 6.07) is 14.7. The first kappa shape index (κ1) is 16.7. The van der Waals surface area contributed by atoms with E-state index in [4.69, 9.17) is 0 Å². The smallest absolute Gasteiger partial charge is 0.119 e. The van der Waals surface area contributed by atoms with Crippen molar-refractivity contribution in [3.63, 3.8) is 0 Å². The third-order valence-electron chi connectivity index (χ3n) is 7.99. The average Bonchev–Trinajstić information content (AvgIpc) is 3.01. The van der Waals surface area contributed by atoms with Crippen LogP contribution in [0, 0.1) is 24.7 Å². The van der Waals surface area contributed by atoms with Gasteiger partial charge in [0.25, 0.3) is 0 Å². The van der Waals surface area contributed by atoms with Gasteiger partial charge in [-0.1, -0.05) is 29.8 Å². The Balaban J connectivity index is 1.54. The predicted octanol–water partition coefficient (Wildman–Crippen LogP) is 6.24. The number of rotatable bonds is 3. The molecule has 4 aliphatic rings. The highest BCUT2D eigenvalue weighted by Gasteiger charge is 2.53. The van der Waals surface area contributed by atoms with Gasteiger partial charge in [0.1, 0.15) is 5.75 Å². The van der Waals surface area contributed by atoms with E-state index in [1.165, 1.54) is 66.2 Å². The fraction of sp³-hybridized carbons (Fsp3) is 0.462. The lowest BCUT2D eigenvalue weighted by Crippen LogP contribution is -2.49. The van der Waals surface area contributed by atoms with Gasteiger partial charge < -0.3 is 10.1 Å². The molecule has 2 heteroatoms. The maximum Gasteiger partial charge on any atom is 0.119 e. The van der Waals surface area contributed by atoms with Gasteiger partial charge in [0.2, 0.25) is 0 Å². The predicted molar refractivity (Wildman–Crippen MR) is 114 cm³/mol. The first-order chi connectivity index (χ1) is 13.6. The molecular formula is C26H29NO. The largest absolute Gasteiger partial charge is 0.508 e. The minimum Gasteiger partial charge on any atom is -0.508 e. The van der Waals surface area contributed by atoms with Crippen LogP contribution in [0.25, 0.3) is 10.9 Å². The zero-order valence-corrected chi connectivity index (χ0v) is 16.7. The number of H-pyrrole nitrogens is 1. The number of para-hydroxylation sites is 1. The van der Waals surface area contributed by atoms with E-state index in [1.807, 2.05) is 18.2 Å². The standard InChI is InChI=1S/C26H29NO/c1-16-6-7-23-21(8-16)22(12-20-4-2-3-5-24(20)28)25(27-23)26-13-17-9-18(14-26)11-19(10-17)15-26/h2-8,17-19,27-28H,9-15H2,1H3. The molecule has 4 saturated carbocycles. The Morgan fingerprint density at radius 3 is 2.32 bits per heavy atom. The Labute approximate surface area is 167 Å². The van der Waals surface area contributed by atoms with Crippen LogP contribution in [0.3, 0.4) is 0 Å². The summed E-state index contributed by atoms with van der Waals surface area (Å²) in [6.07, 6.45) is 9.29. The van der Waals surface area contributed by atoms with E-state index in [0.29, 0.717) is 11.2 Å². The molecule has 144 valence electrons. The Bertz CT molecular complexity index is 1020. The van der Waals surface area contributed by atoms with Crippen LogP contribution in [0.2, 0.25) is 0 Å². The highest BCUT2D eigenvalue weighted by Crippen LogP contribution is 2.61. The van der Waals surface area contributed by atoms with Gasteiger partial charge in [-0.15, -0.1) is 0 Å². The number of phenols is 1. The molecular weight excluding hydrogens is 342 g/mol. The number of hydrogen-bond donors (Lipinski definition) is 2. The second-order valence-corrected chi connectivity index (χ2v) is 10.0. The third kappa shape index (κ3) is 2.46. The molecule has 1 aromatic heterocycles. The summed E-state index contributed by atoms with van der Waals surface area (Å²) in [4.78, 5) is 3.91. The van der Waals surface area contributed by atoms with Crippen LogP contribution in [-0.4, -0.2) is 10.1 Å². The van der Waals surface area contributed by atoms with Crippen molar-refractivity contribution in [2.75, 3.05) is 0 Å². The molecule has 2 nitrogen and oxygen atoms in total. The number of aryl methyl sites for hydroxylation is 1. The van der Waals surface area contributed by atoms with E-state index in [-0.39, 0.29) is 0 Å². The number of phenolic OH excluding ortho intramolecular Hbond substituents is 1. The molecule has 0 atom stereocenters. The topological polar surface area (TPSA) is 36.0 Å². The van der Waals surface area contributed by atoms with E-state index >= 15 is 0 Å². The lowest BCUT2D eigenvalue weighted by atomic mass is 9.48. The molecule has 0 amide bonds. The summed E-state index contributed by atoms with van der Waals surface area (Å²) in [6.45, 7) is 2.18. The first-order valence-electron chi connectivity index (χ1n) is 11.0. The number of aromatic nitrogens is 1. The molecule has 0 saturated heterocycles. The first-order valence-corrected chi connectivity index (χ1v) is 11.0. The van der Waals surface area contributed by atoms with Crippen molar-refractivity contribution in [2.24, 2.45) is 17.8 Å². The van der Waals surface area contributed by atoms with E-state index in [9.17, 15) is 5.11 Å². The molecule has 0 spiro atoms. The maximum absolute atomic E-state index is 10.5.